The maximum atomic E-state index is 14.7. The normalized spacial score (nSPS) is 19.8. The summed E-state index contributed by atoms with van der Waals surface area (Å²) in [6.45, 7) is 5.82. The topological polar surface area (TPSA) is 173 Å². The number of carbonyl (C=O) groups is 1. The number of rotatable bonds is 25. The molecule has 1 saturated heterocycles. The molecule has 1 aliphatic heterocycles. The van der Waals surface area contributed by atoms with Gasteiger partial charge in [-0.05, 0) is 30.5 Å². The van der Waals surface area contributed by atoms with Crippen molar-refractivity contribution in [3.63, 3.8) is 0 Å². The highest BCUT2D eigenvalue weighted by atomic mass is 31.2. The Hall–Kier alpha value is -4.20. The molecule has 5 atom stereocenters. The number of fused-ring (bicyclic) bond motifs is 1. The maximum Gasteiger partial charge on any atom is 0.459 e. The number of nitrogens with one attached hydrogen (secondary N) is 1. The molecule has 1 unspecified atom stereocenters. The van der Waals surface area contributed by atoms with Gasteiger partial charge in [0.15, 0.2) is 17.0 Å². The molecule has 2 aromatic heterocycles. The van der Waals surface area contributed by atoms with Crippen LogP contribution in [0.4, 0.5) is 10.2 Å². The molecular weight excluding hydrogens is 738 g/mol. The molecule has 4 N–H and O–H groups in total. The van der Waals surface area contributed by atoms with Crippen LogP contribution in [0.15, 0.2) is 79.6 Å². The molecule has 0 aliphatic carbocycles. The Balaban J connectivity index is 1.24. The number of anilines is 1. The first-order valence-electron chi connectivity index (χ1n) is 19.8. The van der Waals surface area contributed by atoms with E-state index in [0.29, 0.717) is 6.42 Å². The number of hydrogen-bond donors (Lipinski definition) is 3. The minimum absolute atomic E-state index is 0.00821. The Kier molecular flexibility index (Phi) is 16.4. The van der Waals surface area contributed by atoms with E-state index in [0.717, 1.165) is 24.8 Å². The molecule has 0 amide bonds. The monoisotopic (exact) mass is 794 g/mol. The van der Waals surface area contributed by atoms with Crippen LogP contribution >= 0.6 is 7.75 Å². The van der Waals surface area contributed by atoms with E-state index >= 15 is 0 Å². The second kappa shape index (κ2) is 21.4. The lowest BCUT2D eigenvalue weighted by Gasteiger charge is -2.31. The van der Waals surface area contributed by atoms with E-state index in [9.17, 15) is 18.9 Å². The number of aromatic nitrogens is 4. The third-order valence-electron chi connectivity index (χ3n) is 9.97. The first kappa shape index (κ1) is 42.9. The fourth-order valence-corrected chi connectivity index (χ4v) is 8.30. The first-order valence-corrected chi connectivity index (χ1v) is 21.3. The fraction of sp³-hybridized carbons (Fsp3) is 0.512. The second-order valence-corrected chi connectivity index (χ2v) is 16.0. The molecule has 0 radical (unpaired) electrons. The molecule has 15 heteroatoms. The van der Waals surface area contributed by atoms with Crippen molar-refractivity contribution >= 4 is 30.7 Å². The maximum absolute atomic E-state index is 14.7. The average Bonchev–Trinajstić information content (AvgIpc) is 3.77. The Morgan fingerprint density at radius 1 is 1.04 bits per heavy atom. The van der Waals surface area contributed by atoms with Gasteiger partial charge in [-0.1, -0.05) is 132 Å². The van der Waals surface area contributed by atoms with Crippen LogP contribution < -0.4 is 15.3 Å². The minimum atomic E-state index is -4.42. The van der Waals surface area contributed by atoms with Gasteiger partial charge in [-0.2, -0.15) is 19.4 Å². The third kappa shape index (κ3) is 12.1. The van der Waals surface area contributed by atoms with Crippen molar-refractivity contribution in [2.75, 3.05) is 18.9 Å². The summed E-state index contributed by atoms with van der Waals surface area (Å²) in [6.07, 6.45) is 13.9. The molecule has 13 nitrogen and oxygen atoms in total. The minimum Gasteiger partial charge on any atom is -0.465 e. The number of para-hydroxylation sites is 1. The smallest absolute Gasteiger partial charge is 0.459 e. The zero-order chi connectivity index (χ0) is 39.8. The molecule has 4 aromatic rings. The number of halogens is 1. The Bertz CT molecular complexity index is 1870. The van der Waals surface area contributed by atoms with E-state index in [2.05, 4.69) is 33.5 Å². The number of carbonyl (C=O) groups excluding carboxylic acids is 1. The fourth-order valence-electron chi connectivity index (χ4n) is 6.77. The number of aliphatic hydroxyl groups excluding tert-OH is 1. The van der Waals surface area contributed by atoms with Gasteiger partial charge in [-0.3, -0.25) is 13.9 Å². The van der Waals surface area contributed by atoms with E-state index in [1.165, 1.54) is 68.3 Å². The number of nitrogens with zero attached hydrogens (tertiary/aromatic N) is 4. The predicted molar refractivity (Wildman–Crippen MR) is 213 cm³/mol. The van der Waals surface area contributed by atoms with Crippen molar-refractivity contribution < 1.29 is 37.4 Å². The summed E-state index contributed by atoms with van der Waals surface area (Å²) in [4.78, 5) is 25.2. The molecule has 56 heavy (non-hydrogen) atoms. The number of nitrogens with two attached hydrogens (primary N) is 1. The number of aliphatic hydroxyl groups is 1. The van der Waals surface area contributed by atoms with Crippen LogP contribution in [0.1, 0.15) is 102 Å². The van der Waals surface area contributed by atoms with Crippen LogP contribution in [-0.2, 0) is 29.8 Å². The van der Waals surface area contributed by atoms with Gasteiger partial charge < -0.3 is 24.8 Å². The molecule has 1 fully saturated rings. The van der Waals surface area contributed by atoms with Crippen LogP contribution in [0, 0.1) is 6.08 Å². The number of imidazole rings is 1. The third-order valence-corrected chi connectivity index (χ3v) is 11.5. The van der Waals surface area contributed by atoms with E-state index < -0.39 is 50.4 Å². The molecule has 0 bridgehead atoms. The Morgan fingerprint density at radius 2 is 1.66 bits per heavy atom. The summed E-state index contributed by atoms with van der Waals surface area (Å²) in [6, 6.07) is 16.6. The quantitative estimate of drug-likeness (QED) is 0.0193. The van der Waals surface area contributed by atoms with Crippen LogP contribution in [0.3, 0.4) is 0 Å². The molecule has 304 valence electrons. The molecule has 0 saturated carbocycles. The summed E-state index contributed by atoms with van der Waals surface area (Å²) in [5, 5.41) is 14.2. The van der Waals surface area contributed by atoms with Gasteiger partial charge >= 0.3 is 19.8 Å². The molecule has 1 aliphatic rings. The number of esters is 1. The number of nitrogen functional groups attached to an aromatic ring is 1. The molecule has 5 rings (SSSR count). The lowest BCUT2D eigenvalue weighted by atomic mass is 9.98. The van der Waals surface area contributed by atoms with Crippen molar-refractivity contribution in [2.45, 2.75) is 121 Å². The summed E-state index contributed by atoms with van der Waals surface area (Å²) < 4.78 is 54.3. The largest absolute Gasteiger partial charge is 0.465 e. The van der Waals surface area contributed by atoms with Crippen molar-refractivity contribution in [1.29, 1.82) is 0 Å². The van der Waals surface area contributed by atoms with Gasteiger partial charge in [0.2, 0.25) is 0 Å². The van der Waals surface area contributed by atoms with Gasteiger partial charge in [0, 0.05) is 6.42 Å². The first-order chi connectivity index (χ1) is 27.1. The van der Waals surface area contributed by atoms with Gasteiger partial charge in [0.1, 0.15) is 23.6 Å². The summed E-state index contributed by atoms with van der Waals surface area (Å²) in [5.41, 5.74) is 5.26. The van der Waals surface area contributed by atoms with Gasteiger partial charge in [-0.25, -0.2) is 9.55 Å². The second-order valence-electron chi connectivity index (χ2n) is 14.3. The summed E-state index contributed by atoms with van der Waals surface area (Å²) in [5.74, 6) is -0.534. The van der Waals surface area contributed by atoms with Gasteiger partial charge in [0.25, 0.3) is 0 Å². The van der Waals surface area contributed by atoms with Gasteiger partial charge in [-0.15, -0.1) is 6.58 Å². The zero-order valence-electron chi connectivity index (χ0n) is 32.3. The number of unbranched alkanes of at least 4 members (excludes halogenated alkanes) is 11. The number of benzene rings is 2. The molecule has 3 heterocycles. The lowest BCUT2D eigenvalue weighted by molar-refractivity contribution is -0.146. The van der Waals surface area contributed by atoms with E-state index in [-0.39, 0.29) is 42.2 Å². The van der Waals surface area contributed by atoms with Crippen molar-refractivity contribution in [1.82, 2.24) is 24.6 Å². The molecule has 0 spiro atoms. The van der Waals surface area contributed by atoms with Gasteiger partial charge in [0.05, 0.1) is 25.6 Å². The van der Waals surface area contributed by atoms with Crippen molar-refractivity contribution in [3.8, 4) is 5.75 Å². The van der Waals surface area contributed by atoms with E-state index in [1.54, 1.807) is 30.3 Å². The lowest BCUT2D eigenvalue weighted by Crippen LogP contribution is -2.44. The summed E-state index contributed by atoms with van der Waals surface area (Å²) >= 11 is 0. The summed E-state index contributed by atoms with van der Waals surface area (Å²) in [7, 11) is -4.42. The highest BCUT2D eigenvalue weighted by Gasteiger charge is 2.49. The van der Waals surface area contributed by atoms with Crippen LogP contribution in [0.25, 0.3) is 11.2 Å². The zero-order valence-corrected chi connectivity index (χ0v) is 33.2. The molecular formula is C41H56FN6O7P. The number of ether oxygens (including phenoxy) is 2. The predicted octanol–water partition coefficient (Wildman–Crippen LogP) is 8.40. The molecule has 2 aromatic carbocycles. The van der Waals surface area contributed by atoms with Crippen molar-refractivity contribution in [2.24, 2.45) is 0 Å². The van der Waals surface area contributed by atoms with Crippen LogP contribution in [-0.4, -0.2) is 61.6 Å². The van der Waals surface area contributed by atoms with Crippen LogP contribution in [0.2, 0.25) is 0 Å². The number of hydrogen-bond acceptors (Lipinski definition) is 11. The van der Waals surface area contributed by atoms with Crippen LogP contribution in [0.5, 0.6) is 5.75 Å². The SMILES string of the molecule is C=C[C@]1(COP(=O)(N[C@@H](Cc2ccccc2)C(=O)OCCCCCCCCCCCCCC)Oc2ccccc2)O[C@@H](n2cnc3c(N)nc(F)nc32)C[C@@H]1O. The van der Waals surface area contributed by atoms with E-state index in [1.807, 2.05) is 30.3 Å². The standard InChI is InChI=1S/C41H56FN6O7P/c1-3-5-6-7-8-9-10-11-12-13-14-21-26-52-39(50)33(27-31-22-17-15-18-23-31)47-56(51,55-32-24-19-16-20-25-32)53-29-41(4-2)34(49)28-35(54-41)48-30-44-36-37(43)45-40(42)46-38(36)48/h4,15-20,22-25,30,33-35,49H,2-3,5-14,21,26-29H2,1H3,(H,47,51)(H2,43,45,46)/t33-,34-,35+,41+,56?/m0/s1. The van der Waals surface area contributed by atoms with E-state index in [4.69, 9.17) is 24.3 Å². The average molecular weight is 795 g/mol. The highest BCUT2D eigenvalue weighted by Crippen LogP contribution is 2.48. The van der Waals surface area contributed by atoms with Crippen molar-refractivity contribution in [3.05, 3.63) is 91.3 Å². The Morgan fingerprint density at radius 3 is 2.30 bits per heavy atom. The highest BCUT2D eigenvalue weighted by molar-refractivity contribution is 7.52. The Labute approximate surface area is 328 Å².